The van der Waals surface area contributed by atoms with Crippen molar-refractivity contribution in [2.45, 2.75) is 0 Å². The van der Waals surface area contributed by atoms with Gasteiger partial charge in [-0.15, -0.1) is 0 Å². The molecule has 3 rings (SSSR count). The molecule has 0 atom stereocenters. The highest BCUT2D eigenvalue weighted by Gasteiger charge is 2.17. The Balaban J connectivity index is 1.67. The van der Waals surface area contributed by atoms with E-state index in [4.69, 9.17) is 0 Å². The summed E-state index contributed by atoms with van der Waals surface area (Å²) >= 11 is 0. The van der Waals surface area contributed by atoms with Gasteiger partial charge in [-0.2, -0.15) is 0 Å². The fourth-order valence-corrected chi connectivity index (χ4v) is 2.47. The maximum atomic E-state index is 9.53. The zero-order chi connectivity index (χ0) is 13.1. The molecule has 4 nitrogen and oxygen atoms in total. The summed E-state index contributed by atoms with van der Waals surface area (Å²) in [6.07, 6.45) is 3.66. The van der Waals surface area contributed by atoms with Gasteiger partial charge in [0.15, 0.2) is 0 Å². The molecule has 98 valence electrons. The van der Waals surface area contributed by atoms with Gasteiger partial charge in [0.25, 0.3) is 0 Å². The van der Waals surface area contributed by atoms with Crippen LogP contribution in [0.25, 0.3) is 0 Å². The maximum Gasteiger partial charge on any atom is 0.117 e. The van der Waals surface area contributed by atoms with Gasteiger partial charge in [-0.25, -0.2) is 0 Å². The Bertz CT molecular complexity index is 536. The predicted molar refractivity (Wildman–Crippen MR) is 76.8 cm³/mol. The number of aromatic hydroxyl groups is 1. The lowest BCUT2D eigenvalue weighted by Crippen LogP contribution is -2.46. The Hall–Kier alpha value is -2.23. The molecule has 1 saturated heterocycles. The van der Waals surface area contributed by atoms with Crippen LogP contribution in [0, 0.1) is 0 Å². The van der Waals surface area contributed by atoms with Gasteiger partial charge in [0.1, 0.15) is 5.75 Å². The van der Waals surface area contributed by atoms with Crippen LogP contribution in [0.15, 0.2) is 48.8 Å². The number of phenols is 1. The summed E-state index contributed by atoms with van der Waals surface area (Å²) in [6, 6.07) is 11.6. The third kappa shape index (κ3) is 2.62. The van der Waals surface area contributed by atoms with Crippen molar-refractivity contribution in [1.29, 1.82) is 0 Å². The second kappa shape index (κ2) is 5.18. The van der Waals surface area contributed by atoms with Crippen LogP contribution in [0.1, 0.15) is 0 Å². The van der Waals surface area contributed by atoms with Crippen molar-refractivity contribution in [2.24, 2.45) is 0 Å². The number of rotatable bonds is 2. The minimum Gasteiger partial charge on any atom is -0.508 e. The van der Waals surface area contributed by atoms with Crippen molar-refractivity contribution in [3.8, 4) is 5.75 Å². The van der Waals surface area contributed by atoms with Crippen LogP contribution >= 0.6 is 0 Å². The molecule has 19 heavy (non-hydrogen) atoms. The number of aromatic nitrogens is 1. The molecule has 0 unspecified atom stereocenters. The second-order valence-corrected chi connectivity index (χ2v) is 4.70. The summed E-state index contributed by atoms with van der Waals surface area (Å²) in [5.41, 5.74) is 2.32. The van der Waals surface area contributed by atoms with E-state index >= 15 is 0 Å². The summed E-state index contributed by atoms with van der Waals surface area (Å²) in [5.74, 6) is 0.328. The van der Waals surface area contributed by atoms with E-state index < -0.39 is 0 Å². The van der Waals surface area contributed by atoms with Crippen molar-refractivity contribution in [1.82, 2.24) is 4.98 Å². The number of benzene rings is 1. The van der Waals surface area contributed by atoms with E-state index in [0.29, 0.717) is 5.75 Å². The van der Waals surface area contributed by atoms with Crippen molar-refractivity contribution < 1.29 is 5.11 Å². The molecule has 1 aliphatic rings. The summed E-state index contributed by atoms with van der Waals surface area (Å²) in [7, 11) is 0. The molecule has 0 amide bonds. The van der Waals surface area contributed by atoms with Crippen molar-refractivity contribution in [2.75, 3.05) is 36.0 Å². The maximum absolute atomic E-state index is 9.53. The van der Waals surface area contributed by atoms with E-state index in [1.807, 2.05) is 42.7 Å². The van der Waals surface area contributed by atoms with Crippen LogP contribution in [0.4, 0.5) is 11.4 Å². The first-order valence-electron chi connectivity index (χ1n) is 6.52. The Morgan fingerprint density at radius 2 is 1.47 bits per heavy atom. The minimum absolute atomic E-state index is 0.328. The topological polar surface area (TPSA) is 39.6 Å². The van der Waals surface area contributed by atoms with Crippen molar-refractivity contribution in [3.05, 3.63) is 48.8 Å². The first-order valence-corrected chi connectivity index (χ1v) is 6.52. The first kappa shape index (κ1) is 11.8. The lowest BCUT2D eigenvalue weighted by Gasteiger charge is -2.37. The molecule has 1 fully saturated rings. The average Bonchev–Trinajstić information content (AvgIpc) is 2.48. The first-order chi connectivity index (χ1) is 9.33. The Kier molecular flexibility index (Phi) is 3.23. The summed E-state index contributed by atoms with van der Waals surface area (Å²) < 4.78 is 0. The normalized spacial score (nSPS) is 15.6. The third-order valence-electron chi connectivity index (χ3n) is 3.50. The quantitative estimate of drug-likeness (QED) is 0.892. The van der Waals surface area contributed by atoms with Gasteiger partial charge < -0.3 is 14.9 Å². The number of piperazine rings is 1. The molecule has 0 aliphatic carbocycles. The standard InChI is InChI=1S/C15H17N3O/c19-15-3-1-2-14(12-15)18-10-8-17(9-11-18)13-4-6-16-7-5-13/h1-7,12,19H,8-11H2. The molecule has 1 aliphatic heterocycles. The smallest absolute Gasteiger partial charge is 0.117 e. The fourth-order valence-electron chi connectivity index (χ4n) is 2.47. The Labute approximate surface area is 112 Å². The molecule has 4 heteroatoms. The minimum atomic E-state index is 0.328. The van der Waals surface area contributed by atoms with Crippen LogP contribution in [0.2, 0.25) is 0 Å². The Morgan fingerprint density at radius 3 is 2.11 bits per heavy atom. The Morgan fingerprint density at radius 1 is 0.842 bits per heavy atom. The van der Waals surface area contributed by atoms with Crippen LogP contribution in [-0.2, 0) is 0 Å². The molecular formula is C15H17N3O. The number of hydrogen-bond donors (Lipinski definition) is 1. The molecule has 0 saturated carbocycles. The third-order valence-corrected chi connectivity index (χ3v) is 3.50. The highest BCUT2D eigenvalue weighted by molar-refractivity contribution is 5.53. The average molecular weight is 255 g/mol. The van der Waals surface area contributed by atoms with E-state index in [-0.39, 0.29) is 0 Å². The van der Waals surface area contributed by atoms with Gasteiger partial charge in [0, 0.05) is 56.0 Å². The molecule has 2 heterocycles. The number of nitrogens with zero attached hydrogens (tertiary/aromatic N) is 3. The lowest BCUT2D eigenvalue weighted by molar-refractivity contribution is 0.475. The number of pyridine rings is 1. The SMILES string of the molecule is Oc1cccc(N2CCN(c3ccncc3)CC2)c1. The van der Waals surface area contributed by atoms with Crippen molar-refractivity contribution >= 4 is 11.4 Å². The van der Waals surface area contributed by atoms with E-state index in [1.165, 1.54) is 5.69 Å². The van der Waals surface area contributed by atoms with Crippen molar-refractivity contribution in [3.63, 3.8) is 0 Å². The zero-order valence-corrected chi connectivity index (χ0v) is 10.7. The molecule has 1 N–H and O–H groups in total. The van der Waals surface area contributed by atoms with Crippen LogP contribution < -0.4 is 9.80 Å². The summed E-state index contributed by atoms with van der Waals surface area (Å²) in [4.78, 5) is 8.71. The molecule has 1 aromatic heterocycles. The highest BCUT2D eigenvalue weighted by atomic mass is 16.3. The van der Waals surface area contributed by atoms with E-state index in [1.54, 1.807) is 6.07 Å². The van der Waals surface area contributed by atoms with Gasteiger partial charge >= 0.3 is 0 Å². The van der Waals surface area contributed by atoms with E-state index in [9.17, 15) is 5.11 Å². The lowest BCUT2D eigenvalue weighted by atomic mass is 10.2. The number of hydrogen-bond acceptors (Lipinski definition) is 4. The summed E-state index contributed by atoms with van der Waals surface area (Å²) in [5, 5.41) is 9.53. The zero-order valence-electron chi connectivity index (χ0n) is 10.7. The molecular weight excluding hydrogens is 238 g/mol. The van der Waals surface area contributed by atoms with Crippen LogP contribution in [-0.4, -0.2) is 36.3 Å². The van der Waals surface area contributed by atoms with Gasteiger partial charge in [-0.3, -0.25) is 4.98 Å². The predicted octanol–water partition coefficient (Wildman–Crippen LogP) is 2.11. The van der Waals surface area contributed by atoms with Crippen LogP contribution in [0.5, 0.6) is 5.75 Å². The van der Waals surface area contributed by atoms with Gasteiger partial charge in [-0.05, 0) is 24.3 Å². The summed E-state index contributed by atoms with van der Waals surface area (Å²) in [6.45, 7) is 3.90. The van der Waals surface area contributed by atoms with Gasteiger partial charge in [-0.1, -0.05) is 6.07 Å². The van der Waals surface area contributed by atoms with E-state index in [2.05, 4.69) is 14.8 Å². The molecule has 0 radical (unpaired) electrons. The van der Waals surface area contributed by atoms with Crippen LogP contribution in [0.3, 0.4) is 0 Å². The number of phenolic OH excluding ortho intramolecular Hbond substituents is 1. The van der Waals surface area contributed by atoms with Gasteiger partial charge in [0.05, 0.1) is 0 Å². The van der Waals surface area contributed by atoms with E-state index in [0.717, 1.165) is 31.9 Å². The molecule has 1 aromatic carbocycles. The fraction of sp³-hybridized carbons (Fsp3) is 0.267. The highest BCUT2D eigenvalue weighted by Crippen LogP contribution is 2.22. The molecule has 0 bridgehead atoms. The largest absolute Gasteiger partial charge is 0.508 e. The molecule has 0 spiro atoms. The number of anilines is 2. The second-order valence-electron chi connectivity index (χ2n) is 4.70. The monoisotopic (exact) mass is 255 g/mol. The molecule has 2 aromatic rings. The van der Waals surface area contributed by atoms with Gasteiger partial charge in [0.2, 0.25) is 0 Å².